The Hall–Kier alpha value is -2.45. The predicted molar refractivity (Wildman–Crippen MR) is 86.6 cm³/mol. The Morgan fingerprint density at radius 3 is 2.83 bits per heavy atom. The SMILES string of the molecule is Cn1ccnc1CNC(=O)C1=Nc2ccc(Cl)cc2C1=S(=O)=O. The van der Waals surface area contributed by atoms with Crippen LogP contribution in [0.4, 0.5) is 5.69 Å². The lowest BCUT2D eigenvalue weighted by molar-refractivity contribution is -0.114. The Bertz CT molecular complexity index is 968. The molecule has 3 rings (SSSR count). The molecule has 0 fully saturated rings. The number of carbonyl (C=O) groups excluding carboxylic acids is 1. The molecule has 1 N–H and O–H groups in total. The number of nitrogens with one attached hydrogen (secondary N) is 1. The highest BCUT2D eigenvalue weighted by atomic mass is 35.5. The second kappa shape index (κ2) is 5.98. The first-order valence-corrected chi connectivity index (χ1v) is 8.02. The fraction of sp³-hybridized carbons (Fsp3) is 0.143. The summed E-state index contributed by atoms with van der Waals surface area (Å²) in [6.45, 7) is 0.164. The standard InChI is InChI=1S/C14H11ClN4O3S/c1-19-5-4-16-11(19)7-17-14(20)12-13(23(21)22)9-6-8(15)2-3-10(9)18-12/h2-6H,7H2,1H3,(H,17,20). The maximum atomic E-state index is 12.3. The van der Waals surface area contributed by atoms with Gasteiger partial charge in [-0.25, -0.2) is 9.98 Å². The number of imidazole rings is 1. The van der Waals surface area contributed by atoms with Crippen molar-refractivity contribution in [2.45, 2.75) is 6.54 Å². The van der Waals surface area contributed by atoms with Crippen molar-refractivity contribution in [1.82, 2.24) is 14.9 Å². The van der Waals surface area contributed by atoms with Crippen molar-refractivity contribution in [3.63, 3.8) is 0 Å². The molecule has 7 nitrogen and oxygen atoms in total. The van der Waals surface area contributed by atoms with Crippen LogP contribution in [0.25, 0.3) is 0 Å². The van der Waals surface area contributed by atoms with Gasteiger partial charge in [0.2, 0.25) is 10.3 Å². The zero-order chi connectivity index (χ0) is 16.6. The fourth-order valence-corrected chi connectivity index (χ4v) is 3.03. The number of hydrogen-bond acceptors (Lipinski definition) is 5. The molecule has 1 aromatic heterocycles. The smallest absolute Gasteiger partial charge is 0.271 e. The van der Waals surface area contributed by atoms with Crippen molar-refractivity contribution in [3.8, 4) is 0 Å². The molecule has 0 saturated carbocycles. The molecule has 0 unspecified atom stereocenters. The number of aryl methyl sites for hydroxylation is 1. The third-order valence-corrected chi connectivity index (χ3v) is 4.34. The van der Waals surface area contributed by atoms with E-state index < -0.39 is 16.2 Å². The van der Waals surface area contributed by atoms with E-state index in [-0.39, 0.29) is 17.1 Å². The second-order valence-corrected chi connectivity index (χ2v) is 6.14. The molecule has 1 aliphatic rings. The van der Waals surface area contributed by atoms with E-state index in [0.717, 1.165) is 0 Å². The second-order valence-electron chi connectivity index (χ2n) is 4.82. The summed E-state index contributed by atoms with van der Waals surface area (Å²) in [5, 5.41) is 2.99. The summed E-state index contributed by atoms with van der Waals surface area (Å²) in [5.74, 6) is 0.0572. The number of aromatic nitrogens is 2. The lowest BCUT2D eigenvalue weighted by atomic mass is 10.1. The third kappa shape index (κ3) is 2.90. The van der Waals surface area contributed by atoms with Crippen LogP contribution < -0.4 is 5.32 Å². The van der Waals surface area contributed by atoms with E-state index in [0.29, 0.717) is 22.1 Å². The van der Waals surface area contributed by atoms with Crippen molar-refractivity contribution < 1.29 is 13.2 Å². The first-order chi connectivity index (χ1) is 11.0. The van der Waals surface area contributed by atoms with Gasteiger partial charge in [0, 0.05) is 30.0 Å². The lowest BCUT2D eigenvalue weighted by Gasteiger charge is -2.05. The minimum absolute atomic E-state index is 0.148. The number of rotatable bonds is 3. The zero-order valence-electron chi connectivity index (χ0n) is 11.9. The Balaban J connectivity index is 1.89. The number of halogens is 1. The highest BCUT2D eigenvalue weighted by Gasteiger charge is 2.29. The van der Waals surface area contributed by atoms with Crippen molar-refractivity contribution in [1.29, 1.82) is 0 Å². The molecule has 0 spiro atoms. The number of amides is 1. The van der Waals surface area contributed by atoms with Crippen LogP contribution in [0, 0.1) is 0 Å². The monoisotopic (exact) mass is 350 g/mol. The van der Waals surface area contributed by atoms with Crippen LogP contribution in [0.2, 0.25) is 5.02 Å². The summed E-state index contributed by atoms with van der Waals surface area (Å²) in [7, 11) is -0.815. The van der Waals surface area contributed by atoms with Crippen molar-refractivity contribution in [3.05, 3.63) is 47.0 Å². The molecule has 0 radical (unpaired) electrons. The molecule has 0 aliphatic carbocycles. The van der Waals surface area contributed by atoms with Crippen LogP contribution in [0.1, 0.15) is 11.4 Å². The maximum absolute atomic E-state index is 12.3. The zero-order valence-corrected chi connectivity index (χ0v) is 13.5. The average molecular weight is 351 g/mol. The lowest BCUT2D eigenvalue weighted by Crippen LogP contribution is -2.35. The van der Waals surface area contributed by atoms with Gasteiger partial charge in [-0.1, -0.05) is 11.6 Å². The van der Waals surface area contributed by atoms with Gasteiger partial charge < -0.3 is 9.88 Å². The van der Waals surface area contributed by atoms with Gasteiger partial charge in [-0.3, -0.25) is 4.79 Å². The molecular weight excluding hydrogens is 340 g/mol. The number of fused-ring (bicyclic) bond motifs is 1. The Morgan fingerprint density at radius 2 is 2.17 bits per heavy atom. The minimum Gasteiger partial charge on any atom is -0.343 e. The van der Waals surface area contributed by atoms with Gasteiger partial charge in [0.05, 0.1) is 12.2 Å². The normalized spacial score (nSPS) is 12.8. The molecule has 0 bridgehead atoms. The minimum atomic E-state index is -2.61. The molecule has 1 aromatic carbocycles. The molecule has 0 saturated heterocycles. The molecule has 2 heterocycles. The number of nitrogens with zero attached hydrogens (tertiary/aromatic N) is 3. The van der Waals surface area contributed by atoms with E-state index in [9.17, 15) is 13.2 Å². The van der Waals surface area contributed by atoms with Gasteiger partial charge in [-0.2, -0.15) is 8.42 Å². The van der Waals surface area contributed by atoms with Crippen LogP contribution in [0.15, 0.2) is 35.6 Å². The predicted octanol–water partition coefficient (Wildman–Crippen LogP) is 0.876. The fourth-order valence-electron chi connectivity index (χ4n) is 2.22. The molecule has 23 heavy (non-hydrogen) atoms. The number of carbonyl (C=O) groups is 1. The summed E-state index contributed by atoms with van der Waals surface area (Å²) >= 11 is 5.89. The van der Waals surface area contributed by atoms with Crippen LogP contribution in [0.5, 0.6) is 0 Å². The van der Waals surface area contributed by atoms with E-state index in [1.165, 1.54) is 6.07 Å². The maximum Gasteiger partial charge on any atom is 0.271 e. The van der Waals surface area contributed by atoms with Crippen LogP contribution in [0.3, 0.4) is 0 Å². The summed E-state index contributed by atoms with van der Waals surface area (Å²) in [6, 6.07) is 4.64. The molecule has 1 aliphatic heterocycles. The summed E-state index contributed by atoms with van der Waals surface area (Å²) in [5.41, 5.74) is 0.577. The van der Waals surface area contributed by atoms with E-state index >= 15 is 0 Å². The topological polar surface area (TPSA) is 93.4 Å². The Kier molecular flexibility index (Phi) is 4.01. The average Bonchev–Trinajstić information content (AvgIpc) is 3.07. The Morgan fingerprint density at radius 1 is 1.39 bits per heavy atom. The third-order valence-electron chi connectivity index (χ3n) is 3.36. The molecule has 0 atom stereocenters. The van der Waals surface area contributed by atoms with Gasteiger partial charge in [0.15, 0.2) is 5.71 Å². The van der Waals surface area contributed by atoms with Gasteiger partial charge in [-0.15, -0.1) is 0 Å². The number of hydrogen-bond donors (Lipinski definition) is 1. The summed E-state index contributed by atoms with van der Waals surface area (Å²) in [6.07, 6.45) is 3.35. The van der Waals surface area contributed by atoms with Gasteiger partial charge in [-0.05, 0) is 18.2 Å². The van der Waals surface area contributed by atoms with E-state index in [1.54, 1.807) is 36.1 Å². The first-order valence-electron chi connectivity index (χ1n) is 6.57. The molecular formula is C14H11ClN4O3S. The number of benzene rings is 1. The van der Waals surface area contributed by atoms with Crippen molar-refractivity contribution in [2.75, 3.05) is 0 Å². The quantitative estimate of drug-likeness (QED) is 0.831. The van der Waals surface area contributed by atoms with Crippen molar-refractivity contribution >= 4 is 44.1 Å². The van der Waals surface area contributed by atoms with Crippen LogP contribution >= 0.6 is 11.6 Å². The Labute approximate surface area is 138 Å². The van der Waals surface area contributed by atoms with Crippen molar-refractivity contribution in [2.24, 2.45) is 12.0 Å². The number of aliphatic imine (C=N–C) groups is 1. The van der Waals surface area contributed by atoms with Gasteiger partial charge >= 0.3 is 0 Å². The largest absolute Gasteiger partial charge is 0.343 e. The molecule has 1 amide bonds. The summed E-state index contributed by atoms with van der Waals surface area (Å²) < 4.78 is 24.8. The highest BCUT2D eigenvalue weighted by molar-refractivity contribution is 7.75. The first kappa shape index (κ1) is 15.4. The van der Waals surface area contributed by atoms with Crippen LogP contribution in [-0.2, 0) is 28.7 Å². The molecule has 9 heteroatoms. The van der Waals surface area contributed by atoms with E-state index in [4.69, 9.17) is 11.6 Å². The van der Waals surface area contributed by atoms with E-state index in [1.807, 2.05) is 0 Å². The van der Waals surface area contributed by atoms with Gasteiger partial charge in [0.1, 0.15) is 10.7 Å². The van der Waals surface area contributed by atoms with Gasteiger partial charge in [0.25, 0.3) is 5.91 Å². The molecule has 2 aromatic rings. The van der Waals surface area contributed by atoms with E-state index in [2.05, 4.69) is 15.3 Å². The summed E-state index contributed by atoms with van der Waals surface area (Å²) in [4.78, 5) is 20.3. The highest BCUT2D eigenvalue weighted by Crippen LogP contribution is 2.29. The molecule has 118 valence electrons. The van der Waals surface area contributed by atoms with Crippen LogP contribution in [-0.4, -0.2) is 34.5 Å².